The van der Waals surface area contributed by atoms with Crippen LogP contribution in [-0.2, 0) is 9.53 Å². The maximum Gasteiger partial charge on any atom is 0.253 e. The lowest BCUT2D eigenvalue weighted by Crippen LogP contribution is -2.51. The highest BCUT2D eigenvalue weighted by molar-refractivity contribution is 7.99. The lowest BCUT2D eigenvalue weighted by molar-refractivity contribution is -0.123. The minimum Gasteiger partial charge on any atom is -0.383 e. The smallest absolute Gasteiger partial charge is 0.253 e. The summed E-state index contributed by atoms with van der Waals surface area (Å²) < 4.78 is 4.91. The van der Waals surface area contributed by atoms with E-state index >= 15 is 0 Å². The molecule has 2 N–H and O–H groups in total. The lowest BCUT2D eigenvalue weighted by atomic mass is 9.96. The van der Waals surface area contributed by atoms with E-state index in [0.29, 0.717) is 19.1 Å². The Morgan fingerprint density at radius 2 is 2.50 bits per heavy atom. The summed E-state index contributed by atoms with van der Waals surface area (Å²) >= 11 is 1.82. The van der Waals surface area contributed by atoms with Gasteiger partial charge in [0.25, 0.3) is 5.91 Å². The highest BCUT2D eigenvalue weighted by Gasteiger charge is 2.45. The predicted octanol–water partition coefficient (Wildman–Crippen LogP) is -0.0260. The van der Waals surface area contributed by atoms with Crippen molar-refractivity contribution in [3.8, 4) is 0 Å². The van der Waals surface area contributed by atoms with Gasteiger partial charge < -0.3 is 10.1 Å². The zero-order valence-electron chi connectivity index (χ0n) is 9.41. The van der Waals surface area contributed by atoms with E-state index in [1.165, 1.54) is 0 Å². The Balaban J connectivity index is 1.97. The van der Waals surface area contributed by atoms with Gasteiger partial charge in [0.15, 0.2) is 5.96 Å². The molecule has 0 aromatic rings. The number of nitrogens with zero attached hydrogens (tertiary/aromatic N) is 1. The van der Waals surface area contributed by atoms with Crippen LogP contribution in [0, 0.1) is 0 Å². The van der Waals surface area contributed by atoms with Gasteiger partial charge in [-0.25, -0.2) is 0 Å². The molecule has 2 saturated heterocycles. The monoisotopic (exact) mass is 243 g/mol. The predicted molar refractivity (Wildman–Crippen MR) is 64.7 cm³/mol. The van der Waals surface area contributed by atoms with Gasteiger partial charge in [0.1, 0.15) is 5.54 Å². The molecule has 2 heterocycles. The largest absolute Gasteiger partial charge is 0.383 e. The van der Waals surface area contributed by atoms with Gasteiger partial charge in [0.05, 0.1) is 13.2 Å². The number of methoxy groups -OCH3 is 1. The lowest BCUT2D eigenvalue weighted by Gasteiger charge is -2.29. The van der Waals surface area contributed by atoms with E-state index < -0.39 is 5.54 Å². The molecule has 90 valence electrons. The number of nitrogens with one attached hydrogen (secondary N) is 2. The molecule has 2 aliphatic heterocycles. The number of guanidine groups is 1. The van der Waals surface area contributed by atoms with Crippen molar-refractivity contribution < 1.29 is 9.53 Å². The van der Waals surface area contributed by atoms with Crippen LogP contribution in [-0.4, -0.2) is 49.2 Å². The van der Waals surface area contributed by atoms with E-state index in [-0.39, 0.29) is 5.91 Å². The van der Waals surface area contributed by atoms with Crippen LogP contribution in [0.25, 0.3) is 0 Å². The van der Waals surface area contributed by atoms with E-state index in [1.54, 1.807) is 7.11 Å². The Morgan fingerprint density at radius 3 is 3.19 bits per heavy atom. The van der Waals surface area contributed by atoms with Gasteiger partial charge in [0, 0.05) is 12.9 Å². The second kappa shape index (κ2) is 5.05. The molecule has 1 amide bonds. The minimum absolute atomic E-state index is 0.0656. The van der Waals surface area contributed by atoms with Gasteiger partial charge in [-0.1, -0.05) is 0 Å². The van der Waals surface area contributed by atoms with E-state index in [4.69, 9.17) is 4.74 Å². The Kier molecular flexibility index (Phi) is 3.70. The average Bonchev–Trinajstić information content (AvgIpc) is 2.57. The van der Waals surface area contributed by atoms with E-state index in [2.05, 4.69) is 15.6 Å². The van der Waals surface area contributed by atoms with Crippen molar-refractivity contribution in [1.29, 1.82) is 0 Å². The highest BCUT2D eigenvalue weighted by atomic mass is 32.2. The molecule has 0 saturated carbocycles. The molecule has 2 aliphatic rings. The number of hydrogen-bond donors (Lipinski definition) is 2. The third-order valence-corrected chi connectivity index (χ3v) is 4.10. The summed E-state index contributed by atoms with van der Waals surface area (Å²) in [4.78, 5) is 16.1. The summed E-state index contributed by atoms with van der Waals surface area (Å²) in [7, 11) is 1.64. The van der Waals surface area contributed by atoms with Gasteiger partial charge in [0.2, 0.25) is 0 Å². The second-order valence-electron chi connectivity index (χ2n) is 4.04. The quantitative estimate of drug-likeness (QED) is 0.684. The molecule has 1 unspecified atom stereocenters. The zero-order valence-corrected chi connectivity index (χ0v) is 10.2. The summed E-state index contributed by atoms with van der Waals surface area (Å²) in [6, 6.07) is 0. The number of ether oxygens (including phenoxy) is 1. The van der Waals surface area contributed by atoms with Crippen molar-refractivity contribution in [3.05, 3.63) is 0 Å². The third-order valence-electron chi connectivity index (χ3n) is 2.83. The SMILES string of the molecule is COCCN=C1NC(=O)C2(CCCSC2)N1. The standard InChI is InChI=1S/C10H17N3O2S/c1-15-5-4-11-9-12-8(14)10(13-9)3-2-6-16-7-10/h2-7H2,1H3,(H2,11,12,13,14). The first-order valence-corrected chi connectivity index (χ1v) is 6.63. The Bertz CT molecular complexity index is 300. The van der Waals surface area contributed by atoms with Crippen LogP contribution < -0.4 is 10.6 Å². The topological polar surface area (TPSA) is 62.7 Å². The minimum atomic E-state index is -0.408. The van der Waals surface area contributed by atoms with E-state index in [0.717, 1.165) is 24.3 Å². The Hall–Kier alpha value is -0.750. The van der Waals surface area contributed by atoms with Crippen LogP contribution in [0.2, 0.25) is 0 Å². The Labute approximate surface area is 99.4 Å². The van der Waals surface area contributed by atoms with Crippen molar-refractivity contribution >= 4 is 23.6 Å². The number of aliphatic imine (C=N–C) groups is 1. The average molecular weight is 243 g/mol. The van der Waals surface area contributed by atoms with Crippen molar-refractivity contribution in [2.45, 2.75) is 18.4 Å². The molecule has 0 aromatic heterocycles. The third kappa shape index (κ3) is 2.32. The molecule has 2 rings (SSSR count). The van der Waals surface area contributed by atoms with Gasteiger partial charge in [-0.2, -0.15) is 11.8 Å². The van der Waals surface area contributed by atoms with Crippen molar-refractivity contribution in [2.75, 3.05) is 31.8 Å². The molecule has 0 aromatic carbocycles. The van der Waals surface area contributed by atoms with Crippen molar-refractivity contribution in [2.24, 2.45) is 4.99 Å². The second-order valence-corrected chi connectivity index (χ2v) is 5.15. The normalized spacial score (nSPS) is 31.8. The number of thioether (sulfide) groups is 1. The van der Waals surface area contributed by atoms with Crippen LogP contribution >= 0.6 is 11.8 Å². The molecule has 5 nitrogen and oxygen atoms in total. The summed E-state index contributed by atoms with van der Waals surface area (Å²) in [6.45, 7) is 1.14. The molecular weight excluding hydrogens is 226 g/mol. The first kappa shape index (κ1) is 11.7. The number of carbonyl (C=O) groups excluding carboxylic acids is 1. The molecule has 16 heavy (non-hydrogen) atoms. The highest BCUT2D eigenvalue weighted by Crippen LogP contribution is 2.28. The van der Waals surface area contributed by atoms with Gasteiger partial charge >= 0.3 is 0 Å². The van der Waals surface area contributed by atoms with Crippen molar-refractivity contribution in [1.82, 2.24) is 10.6 Å². The van der Waals surface area contributed by atoms with Crippen LogP contribution in [0.1, 0.15) is 12.8 Å². The van der Waals surface area contributed by atoms with Gasteiger partial charge in [-0.15, -0.1) is 0 Å². The number of hydrogen-bond acceptors (Lipinski definition) is 4. The molecule has 0 aliphatic carbocycles. The molecule has 2 fully saturated rings. The van der Waals surface area contributed by atoms with E-state index in [9.17, 15) is 4.79 Å². The summed E-state index contributed by atoms with van der Waals surface area (Å²) in [6.07, 6.45) is 1.98. The molecule has 0 radical (unpaired) electrons. The van der Waals surface area contributed by atoms with Gasteiger partial charge in [-0.3, -0.25) is 15.1 Å². The summed E-state index contributed by atoms with van der Waals surface area (Å²) in [5.41, 5.74) is -0.408. The summed E-state index contributed by atoms with van der Waals surface area (Å²) in [5.74, 6) is 2.65. The zero-order chi connectivity index (χ0) is 11.4. The van der Waals surface area contributed by atoms with Crippen LogP contribution in [0.5, 0.6) is 0 Å². The van der Waals surface area contributed by atoms with E-state index in [1.807, 2.05) is 11.8 Å². The van der Waals surface area contributed by atoms with Crippen LogP contribution in [0.4, 0.5) is 0 Å². The van der Waals surface area contributed by atoms with Crippen molar-refractivity contribution in [3.63, 3.8) is 0 Å². The van der Waals surface area contributed by atoms with Crippen LogP contribution in [0.3, 0.4) is 0 Å². The molecule has 6 heteroatoms. The molecule has 1 atom stereocenters. The number of amides is 1. The summed E-state index contributed by atoms with van der Waals surface area (Å²) in [5, 5.41) is 6.03. The number of carbonyl (C=O) groups is 1. The first-order valence-electron chi connectivity index (χ1n) is 5.48. The molecular formula is C10H17N3O2S. The molecule has 0 bridgehead atoms. The van der Waals surface area contributed by atoms with Gasteiger partial charge in [-0.05, 0) is 18.6 Å². The fraction of sp³-hybridized carbons (Fsp3) is 0.800. The fourth-order valence-electron chi connectivity index (χ4n) is 1.94. The number of rotatable bonds is 3. The Morgan fingerprint density at radius 1 is 1.62 bits per heavy atom. The fourth-order valence-corrected chi connectivity index (χ4v) is 3.13. The molecule has 1 spiro atoms. The maximum absolute atomic E-state index is 11.9. The first-order chi connectivity index (χ1) is 7.77. The maximum atomic E-state index is 11.9. The van der Waals surface area contributed by atoms with Crippen LogP contribution in [0.15, 0.2) is 4.99 Å².